The quantitative estimate of drug-likeness (QED) is 0.569. The topological polar surface area (TPSA) is 107 Å². The van der Waals surface area contributed by atoms with E-state index in [1.807, 2.05) is 11.8 Å². The second-order valence-corrected chi connectivity index (χ2v) is 12.7. The molecular weight excluding hydrogens is 512 g/mol. The third-order valence-electron chi connectivity index (χ3n) is 6.86. The molecule has 3 aliphatic rings. The Balaban J connectivity index is 1.36. The van der Waals surface area contributed by atoms with Gasteiger partial charge in [0.2, 0.25) is 27.7 Å². The van der Waals surface area contributed by atoms with Crippen LogP contribution in [0, 0.1) is 0 Å². The highest BCUT2D eigenvalue weighted by atomic mass is 35.5. The van der Waals surface area contributed by atoms with E-state index in [1.54, 1.807) is 17.0 Å². The molecule has 4 heterocycles. The molecule has 35 heavy (non-hydrogen) atoms. The molecule has 4 rings (SSSR count). The number of sulfonamides is 1. The first-order valence-corrected chi connectivity index (χ1v) is 14.7. The largest absolute Gasteiger partial charge is 0.338 e. The van der Waals surface area contributed by atoms with Crippen LogP contribution in [0.1, 0.15) is 50.3 Å². The first-order chi connectivity index (χ1) is 16.6. The summed E-state index contributed by atoms with van der Waals surface area (Å²) in [7, 11) is -3.87. The molecular formula is C23H31ClN4O5S2. The Hall–Kier alpha value is -1.95. The Bertz CT molecular complexity index is 1110. The Morgan fingerprint density at radius 2 is 1.83 bits per heavy atom. The molecule has 9 nitrogen and oxygen atoms in total. The van der Waals surface area contributed by atoms with Gasteiger partial charge in [-0.3, -0.25) is 14.4 Å². The Morgan fingerprint density at radius 1 is 1.11 bits per heavy atom. The molecule has 3 aliphatic heterocycles. The lowest BCUT2D eigenvalue weighted by molar-refractivity contribution is -0.147. The van der Waals surface area contributed by atoms with E-state index in [2.05, 4.69) is 4.72 Å². The van der Waals surface area contributed by atoms with Crippen LogP contribution in [0.4, 0.5) is 0 Å². The zero-order chi connectivity index (χ0) is 25.2. The van der Waals surface area contributed by atoms with Gasteiger partial charge in [-0.1, -0.05) is 11.6 Å². The van der Waals surface area contributed by atoms with Gasteiger partial charge in [-0.15, -0.1) is 11.3 Å². The van der Waals surface area contributed by atoms with Gasteiger partial charge < -0.3 is 14.7 Å². The number of thiophene rings is 1. The Kier molecular flexibility index (Phi) is 8.19. The normalized spacial score (nSPS) is 25.7. The molecule has 1 N–H and O–H groups in total. The van der Waals surface area contributed by atoms with Crippen molar-refractivity contribution in [2.45, 2.75) is 63.6 Å². The highest BCUT2D eigenvalue weighted by Gasteiger charge is 2.40. The zero-order valence-corrected chi connectivity index (χ0v) is 22.1. The van der Waals surface area contributed by atoms with Crippen molar-refractivity contribution in [1.82, 2.24) is 19.4 Å². The highest BCUT2D eigenvalue weighted by Crippen LogP contribution is 2.26. The van der Waals surface area contributed by atoms with E-state index in [1.165, 1.54) is 22.3 Å². The van der Waals surface area contributed by atoms with E-state index in [-0.39, 0.29) is 24.4 Å². The molecule has 0 aliphatic carbocycles. The number of amides is 3. The molecule has 0 radical (unpaired) electrons. The number of hydrogen-bond acceptors (Lipinski definition) is 6. The van der Waals surface area contributed by atoms with Gasteiger partial charge in [-0.25, -0.2) is 8.42 Å². The van der Waals surface area contributed by atoms with Crippen molar-refractivity contribution in [2.24, 2.45) is 0 Å². The van der Waals surface area contributed by atoms with Gasteiger partial charge in [0.1, 0.15) is 12.1 Å². The van der Waals surface area contributed by atoms with E-state index in [9.17, 15) is 22.8 Å². The SMILES string of the molecule is CC1CCCN1C(=O)C1CCCN1C(=O)CN1CCCC(NS(=O)(=O)/C=C/c2ccc(Cl)s2)C1=O. The van der Waals surface area contributed by atoms with Crippen molar-refractivity contribution in [3.63, 3.8) is 0 Å². The molecule has 1 aromatic rings. The van der Waals surface area contributed by atoms with E-state index < -0.39 is 28.0 Å². The number of halogens is 1. The van der Waals surface area contributed by atoms with Crippen LogP contribution in [0.2, 0.25) is 4.34 Å². The fourth-order valence-corrected chi connectivity index (χ4v) is 7.12. The smallest absolute Gasteiger partial charge is 0.245 e. The van der Waals surface area contributed by atoms with Gasteiger partial charge in [-0.05, 0) is 63.7 Å². The summed E-state index contributed by atoms with van der Waals surface area (Å²) in [6, 6.07) is 2.16. The lowest BCUT2D eigenvalue weighted by Crippen LogP contribution is -2.56. The van der Waals surface area contributed by atoms with Gasteiger partial charge in [0.15, 0.2) is 0 Å². The molecule has 3 saturated heterocycles. The van der Waals surface area contributed by atoms with Crippen LogP contribution in [-0.2, 0) is 24.4 Å². The maximum atomic E-state index is 13.1. The minimum atomic E-state index is -3.87. The zero-order valence-electron chi connectivity index (χ0n) is 19.7. The number of piperidine rings is 1. The summed E-state index contributed by atoms with van der Waals surface area (Å²) in [5.74, 6) is -0.690. The molecule has 192 valence electrons. The monoisotopic (exact) mass is 542 g/mol. The standard InChI is InChI=1S/C23H31ClN4O5S2/c1-16-5-2-12-27(16)23(31)19-7-4-13-28(19)21(29)15-26-11-3-6-18(22(26)30)25-35(32,33)14-10-17-8-9-20(24)34-17/h8-10,14,16,18-19,25H,2-7,11-13,15H2,1H3/b14-10+. The summed E-state index contributed by atoms with van der Waals surface area (Å²) in [6.07, 6.45) is 5.70. The van der Waals surface area contributed by atoms with Crippen LogP contribution in [0.3, 0.4) is 0 Å². The van der Waals surface area contributed by atoms with Gasteiger partial charge in [-0.2, -0.15) is 4.72 Å². The van der Waals surface area contributed by atoms with Crippen molar-refractivity contribution in [2.75, 3.05) is 26.2 Å². The van der Waals surface area contributed by atoms with Crippen molar-refractivity contribution < 1.29 is 22.8 Å². The number of carbonyl (C=O) groups excluding carboxylic acids is 3. The van der Waals surface area contributed by atoms with Crippen molar-refractivity contribution in [3.8, 4) is 0 Å². The molecule has 0 aromatic carbocycles. The van der Waals surface area contributed by atoms with Gasteiger partial charge in [0.25, 0.3) is 0 Å². The van der Waals surface area contributed by atoms with E-state index >= 15 is 0 Å². The van der Waals surface area contributed by atoms with Crippen LogP contribution < -0.4 is 4.72 Å². The molecule has 0 spiro atoms. The molecule has 0 saturated carbocycles. The maximum absolute atomic E-state index is 13.1. The van der Waals surface area contributed by atoms with Crippen molar-refractivity contribution in [1.29, 1.82) is 0 Å². The minimum Gasteiger partial charge on any atom is -0.338 e. The van der Waals surface area contributed by atoms with Crippen LogP contribution >= 0.6 is 22.9 Å². The summed E-state index contributed by atoms with van der Waals surface area (Å²) in [5.41, 5.74) is 0. The number of carbonyl (C=O) groups is 3. The summed E-state index contributed by atoms with van der Waals surface area (Å²) in [6.45, 7) is 3.47. The van der Waals surface area contributed by atoms with Crippen LogP contribution in [0.15, 0.2) is 17.5 Å². The number of rotatable bonds is 7. The second kappa shape index (κ2) is 11.0. The van der Waals surface area contributed by atoms with Crippen LogP contribution in [0.5, 0.6) is 0 Å². The molecule has 3 fully saturated rings. The fraction of sp³-hybridized carbons (Fsp3) is 0.609. The van der Waals surface area contributed by atoms with Crippen molar-refractivity contribution in [3.05, 3.63) is 26.8 Å². The predicted molar refractivity (Wildman–Crippen MR) is 135 cm³/mol. The average molecular weight is 543 g/mol. The molecule has 0 bridgehead atoms. The average Bonchev–Trinajstić information content (AvgIpc) is 3.55. The van der Waals surface area contributed by atoms with E-state index in [4.69, 9.17) is 11.6 Å². The Morgan fingerprint density at radius 3 is 2.51 bits per heavy atom. The number of hydrogen-bond donors (Lipinski definition) is 1. The second-order valence-electron chi connectivity index (χ2n) is 9.33. The maximum Gasteiger partial charge on any atom is 0.245 e. The third-order valence-corrected chi connectivity index (χ3v) is 9.17. The minimum absolute atomic E-state index is 0.00438. The van der Waals surface area contributed by atoms with Gasteiger partial charge >= 0.3 is 0 Å². The van der Waals surface area contributed by atoms with Crippen molar-refractivity contribution >= 4 is 56.8 Å². The summed E-state index contributed by atoms with van der Waals surface area (Å²) in [5, 5.41) is 1.02. The number of likely N-dealkylation sites (tertiary alicyclic amines) is 3. The van der Waals surface area contributed by atoms with Gasteiger partial charge in [0, 0.05) is 36.0 Å². The lowest BCUT2D eigenvalue weighted by atomic mass is 10.1. The molecule has 3 unspecified atom stereocenters. The molecule has 3 atom stereocenters. The first-order valence-electron chi connectivity index (χ1n) is 12.0. The predicted octanol–water partition coefficient (Wildman–Crippen LogP) is 2.28. The van der Waals surface area contributed by atoms with Gasteiger partial charge in [0.05, 0.1) is 10.9 Å². The van der Waals surface area contributed by atoms with Crippen LogP contribution in [0.25, 0.3) is 6.08 Å². The summed E-state index contributed by atoms with van der Waals surface area (Å²) in [4.78, 5) is 44.8. The fourth-order valence-electron chi connectivity index (χ4n) is 5.05. The first kappa shape index (κ1) is 26.1. The lowest BCUT2D eigenvalue weighted by Gasteiger charge is -2.34. The summed E-state index contributed by atoms with van der Waals surface area (Å²) >= 11 is 7.12. The highest BCUT2D eigenvalue weighted by molar-refractivity contribution is 7.92. The van der Waals surface area contributed by atoms with E-state index in [0.717, 1.165) is 31.2 Å². The summed E-state index contributed by atoms with van der Waals surface area (Å²) < 4.78 is 28.0. The molecule has 12 heteroatoms. The van der Waals surface area contributed by atoms with E-state index in [0.29, 0.717) is 41.6 Å². The molecule has 1 aromatic heterocycles. The number of nitrogens with zero attached hydrogens (tertiary/aromatic N) is 3. The van der Waals surface area contributed by atoms with Crippen LogP contribution in [-0.4, -0.2) is 85.1 Å². The number of nitrogens with one attached hydrogen (secondary N) is 1. The third kappa shape index (κ3) is 6.25. The Labute approximate surface area is 215 Å². The molecule has 3 amide bonds.